The lowest BCUT2D eigenvalue weighted by atomic mass is 9.73. The van der Waals surface area contributed by atoms with Crippen molar-refractivity contribution in [2.75, 3.05) is 32.7 Å². The van der Waals surface area contributed by atoms with Gasteiger partial charge in [0.2, 0.25) is 0 Å². The topological polar surface area (TPSA) is 48.1 Å². The second kappa shape index (κ2) is 8.09. The number of nitrogens with one attached hydrogen (secondary N) is 4. The summed E-state index contributed by atoms with van der Waals surface area (Å²) in [7, 11) is 0. The van der Waals surface area contributed by atoms with Gasteiger partial charge in [-0.15, -0.1) is 0 Å². The fourth-order valence-electron chi connectivity index (χ4n) is 4.85. The molecule has 0 aromatic rings. The van der Waals surface area contributed by atoms with Crippen LogP contribution in [0.15, 0.2) is 0 Å². The molecule has 0 aromatic carbocycles. The van der Waals surface area contributed by atoms with Crippen molar-refractivity contribution in [1.82, 2.24) is 21.5 Å². The SMILES string of the molecule is C1CCC2(CC1)CCCNN2.C1CNCC2(C1)CCNCC2. The molecule has 4 rings (SSSR count). The van der Waals surface area contributed by atoms with Gasteiger partial charge >= 0.3 is 0 Å². The lowest BCUT2D eigenvalue weighted by molar-refractivity contribution is 0.150. The van der Waals surface area contributed by atoms with Gasteiger partial charge in [0.1, 0.15) is 0 Å². The molecule has 4 aliphatic rings. The van der Waals surface area contributed by atoms with Gasteiger partial charge < -0.3 is 10.6 Å². The highest BCUT2D eigenvalue weighted by molar-refractivity contribution is 4.91. The number of rotatable bonds is 0. The summed E-state index contributed by atoms with van der Waals surface area (Å²) in [6.45, 7) is 6.15. The molecule has 4 N–H and O–H groups in total. The Hall–Kier alpha value is -0.160. The van der Waals surface area contributed by atoms with Gasteiger partial charge in [0.05, 0.1) is 0 Å². The van der Waals surface area contributed by atoms with Crippen molar-refractivity contribution in [3.05, 3.63) is 0 Å². The zero-order valence-corrected chi connectivity index (χ0v) is 14.3. The van der Waals surface area contributed by atoms with Crippen molar-refractivity contribution < 1.29 is 0 Å². The summed E-state index contributed by atoms with van der Waals surface area (Å²) in [6, 6.07) is 0. The summed E-state index contributed by atoms with van der Waals surface area (Å²) >= 11 is 0. The minimum absolute atomic E-state index is 0.497. The summed E-state index contributed by atoms with van der Waals surface area (Å²) < 4.78 is 0. The Morgan fingerprint density at radius 2 is 1.27 bits per heavy atom. The molecule has 22 heavy (non-hydrogen) atoms. The Balaban J connectivity index is 0.000000131. The van der Waals surface area contributed by atoms with E-state index in [2.05, 4.69) is 21.5 Å². The lowest BCUT2D eigenvalue weighted by Gasteiger charge is -2.41. The molecule has 0 amide bonds. The van der Waals surface area contributed by atoms with E-state index < -0.39 is 0 Å². The van der Waals surface area contributed by atoms with Crippen molar-refractivity contribution in [2.45, 2.75) is 76.2 Å². The van der Waals surface area contributed by atoms with Crippen LogP contribution in [-0.4, -0.2) is 38.3 Å². The summed E-state index contributed by atoms with van der Waals surface area (Å²) in [4.78, 5) is 0. The van der Waals surface area contributed by atoms with Crippen molar-refractivity contribution in [3.8, 4) is 0 Å². The molecule has 4 heteroatoms. The Labute approximate surface area is 136 Å². The highest BCUT2D eigenvalue weighted by Crippen LogP contribution is 2.35. The van der Waals surface area contributed by atoms with Gasteiger partial charge in [0.25, 0.3) is 0 Å². The quantitative estimate of drug-likeness (QED) is 0.555. The molecule has 0 atom stereocenters. The van der Waals surface area contributed by atoms with Crippen LogP contribution in [0.25, 0.3) is 0 Å². The molecular weight excluding hydrogens is 272 g/mol. The third kappa shape index (κ3) is 4.44. The van der Waals surface area contributed by atoms with Crippen LogP contribution in [0.4, 0.5) is 0 Å². The zero-order chi connectivity index (χ0) is 15.1. The van der Waals surface area contributed by atoms with E-state index >= 15 is 0 Å². The second-order valence-corrected chi connectivity index (χ2v) is 8.03. The largest absolute Gasteiger partial charge is 0.317 e. The Morgan fingerprint density at radius 1 is 0.545 bits per heavy atom. The van der Waals surface area contributed by atoms with Gasteiger partial charge in [-0.3, -0.25) is 10.9 Å². The van der Waals surface area contributed by atoms with Crippen LogP contribution >= 0.6 is 0 Å². The molecule has 3 aliphatic heterocycles. The summed E-state index contributed by atoms with van der Waals surface area (Å²) in [6.07, 6.45) is 15.4. The zero-order valence-electron chi connectivity index (χ0n) is 14.3. The molecule has 4 nitrogen and oxygen atoms in total. The molecule has 1 aliphatic carbocycles. The smallest absolute Gasteiger partial charge is 0.0324 e. The second-order valence-electron chi connectivity index (χ2n) is 8.03. The molecule has 0 radical (unpaired) electrons. The number of piperidine rings is 2. The van der Waals surface area contributed by atoms with E-state index in [9.17, 15) is 0 Å². The average molecular weight is 309 g/mol. The lowest BCUT2D eigenvalue weighted by Crippen LogP contribution is -2.57. The van der Waals surface area contributed by atoms with Crippen molar-refractivity contribution in [3.63, 3.8) is 0 Å². The van der Waals surface area contributed by atoms with E-state index in [1.54, 1.807) is 0 Å². The predicted molar refractivity (Wildman–Crippen MR) is 92.8 cm³/mol. The first kappa shape index (κ1) is 16.7. The summed E-state index contributed by atoms with van der Waals surface area (Å²) in [5.74, 6) is 0. The van der Waals surface area contributed by atoms with E-state index in [4.69, 9.17) is 0 Å². The fourth-order valence-corrected chi connectivity index (χ4v) is 4.85. The van der Waals surface area contributed by atoms with Crippen LogP contribution in [0.2, 0.25) is 0 Å². The minimum Gasteiger partial charge on any atom is -0.317 e. The number of hydrogen-bond donors (Lipinski definition) is 4. The monoisotopic (exact) mass is 308 g/mol. The van der Waals surface area contributed by atoms with Crippen LogP contribution in [0.3, 0.4) is 0 Å². The van der Waals surface area contributed by atoms with E-state index in [1.165, 1.54) is 96.8 Å². The average Bonchev–Trinajstić information content (AvgIpc) is 2.58. The van der Waals surface area contributed by atoms with Crippen LogP contribution in [0.1, 0.15) is 70.6 Å². The van der Waals surface area contributed by atoms with Crippen LogP contribution in [-0.2, 0) is 0 Å². The molecule has 128 valence electrons. The number of hydrazine groups is 1. The van der Waals surface area contributed by atoms with Crippen molar-refractivity contribution in [1.29, 1.82) is 0 Å². The molecular formula is C18H36N4. The Kier molecular flexibility index (Phi) is 6.14. The fraction of sp³-hybridized carbons (Fsp3) is 1.00. The molecule has 3 heterocycles. The molecule has 1 saturated carbocycles. The Bertz CT molecular complexity index is 236. The van der Waals surface area contributed by atoms with Gasteiger partial charge in [0.15, 0.2) is 0 Å². The molecule has 3 saturated heterocycles. The van der Waals surface area contributed by atoms with Crippen LogP contribution < -0.4 is 21.5 Å². The summed E-state index contributed by atoms with van der Waals surface area (Å²) in [5.41, 5.74) is 7.96. The van der Waals surface area contributed by atoms with Gasteiger partial charge in [-0.1, -0.05) is 19.3 Å². The third-order valence-corrected chi connectivity index (χ3v) is 6.35. The van der Waals surface area contributed by atoms with Crippen molar-refractivity contribution in [2.24, 2.45) is 5.41 Å². The highest BCUT2D eigenvalue weighted by Gasteiger charge is 2.33. The Morgan fingerprint density at radius 3 is 1.91 bits per heavy atom. The molecule has 0 bridgehead atoms. The number of hydrogen-bond acceptors (Lipinski definition) is 4. The van der Waals surface area contributed by atoms with E-state index in [0.717, 1.165) is 6.54 Å². The maximum atomic E-state index is 3.52. The standard InChI is InChI=1S/2C9H18N2/c1-2-9(8-11-5-1)3-6-10-7-4-9;1-2-5-9(6-3-1)7-4-8-10-11-9/h2*10-11H,1-8H2. The van der Waals surface area contributed by atoms with E-state index in [1.807, 2.05) is 0 Å². The summed E-state index contributed by atoms with van der Waals surface area (Å²) in [5, 5.41) is 6.95. The van der Waals surface area contributed by atoms with Crippen LogP contribution in [0, 0.1) is 5.41 Å². The molecule has 4 fully saturated rings. The molecule has 2 spiro atoms. The third-order valence-electron chi connectivity index (χ3n) is 6.35. The van der Waals surface area contributed by atoms with Gasteiger partial charge in [0, 0.05) is 18.6 Å². The minimum atomic E-state index is 0.497. The van der Waals surface area contributed by atoms with Gasteiger partial charge in [-0.05, 0) is 76.4 Å². The first-order valence-corrected chi connectivity index (χ1v) is 9.74. The molecule has 0 unspecified atom stereocenters. The first-order valence-electron chi connectivity index (χ1n) is 9.74. The first-order chi connectivity index (χ1) is 10.8. The predicted octanol–water partition coefficient (Wildman–Crippen LogP) is 2.32. The maximum Gasteiger partial charge on any atom is 0.0324 e. The highest BCUT2D eigenvalue weighted by atomic mass is 15.4. The van der Waals surface area contributed by atoms with Gasteiger partial charge in [-0.25, -0.2) is 0 Å². The van der Waals surface area contributed by atoms with Gasteiger partial charge in [-0.2, -0.15) is 0 Å². The van der Waals surface area contributed by atoms with E-state index in [0.29, 0.717) is 11.0 Å². The maximum absolute atomic E-state index is 3.52. The van der Waals surface area contributed by atoms with Crippen molar-refractivity contribution >= 4 is 0 Å². The van der Waals surface area contributed by atoms with E-state index in [-0.39, 0.29) is 0 Å². The van der Waals surface area contributed by atoms with Crippen LogP contribution in [0.5, 0.6) is 0 Å². The normalized spacial score (nSPS) is 30.5. The molecule has 0 aromatic heterocycles.